The first kappa shape index (κ1) is 21.5. The summed E-state index contributed by atoms with van der Waals surface area (Å²) in [4.78, 5) is 18.5. The number of likely N-dealkylation sites (tertiary alicyclic amines) is 1. The Kier molecular flexibility index (Phi) is 12.6. The number of amides is 1. The van der Waals surface area contributed by atoms with Gasteiger partial charge in [-0.05, 0) is 39.5 Å². The second-order valence-electron chi connectivity index (χ2n) is 5.76. The molecule has 6 heteroatoms. The van der Waals surface area contributed by atoms with E-state index in [2.05, 4.69) is 36.4 Å². The van der Waals surface area contributed by atoms with E-state index in [1.165, 1.54) is 6.42 Å². The van der Waals surface area contributed by atoms with Gasteiger partial charge in [-0.3, -0.25) is 9.79 Å². The Labute approximate surface area is 152 Å². The zero-order valence-electron chi connectivity index (χ0n) is 14.4. The molecule has 1 aliphatic heterocycles. The maximum absolute atomic E-state index is 11.9. The van der Waals surface area contributed by atoms with E-state index in [4.69, 9.17) is 0 Å². The Morgan fingerprint density at radius 3 is 2.77 bits per heavy atom. The Bertz CT molecular complexity index is 336. The van der Waals surface area contributed by atoms with Gasteiger partial charge >= 0.3 is 0 Å². The molecule has 2 N–H and O–H groups in total. The van der Waals surface area contributed by atoms with E-state index >= 15 is 0 Å². The van der Waals surface area contributed by atoms with Gasteiger partial charge in [0.25, 0.3) is 0 Å². The van der Waals surface area contributed by atoms with Crippen molar-refractivity contribution in [3.05, 3.63) is 0 Å². The van der Waals surface area contributed by atoms with E-state index in [-0.39, 0.29) is 24.0 Å². The highest BCUT2D eigenvalue weighted by atomic mass is 127. The van der Waals surface area contributed by atoms with Gasteiger partial charge in [-0.1, -0.05) is 13.3 Å². The van der Waals surface area contributed by atoms with Crippen molar-refractivity contribution in [2.75, 3.05) is 26.2 Å². The first-order chi connectivity index (χ1) is 10.2. The van der Waals surface area contributed by atoms with Crippen molar-refractivity contribution in [2.45, 2.75) is 65.3 Å². The molecule has 1 atom stereocenters. The van der Waals surface area contributed by atoms with Crippen LogP contribution >= 0.6 is 24.0 Å². The quantitative estimate of drug-likeness (QED) is 0.286. The molecule has 22 heavy (non-hydrogen) atoms. The first-order valence-corrected chi connectivity index (χ1v) is 8.50. The van der Waals surface area contributed by atoms with Crippen LogP contribution in [0, 0.1) is 0 Å². The summed E-state index contributed by atoms with van der Waals surface area (Å²) < 4.78 is 0. The molecule has 1 unspecified atom stereocenters. The second kappa shape index (κ2) is 13.0. The summed E-state index contributed by atoms with van der Waals surface area (Å²) in [6, 6.07) is 0.426. The summed E-state index contributed by atoms with van der Waals surface area (Å²) in [5.41, 5.74) is 0. The second-order valence-corrected chi connectivity index (χ2v) is 5.76. The lowest BCUT2D eigenvalue weighted by atomic mass is 10.2. The number of carbonyl (C=O) groups excluding carboxylic acids is 1. The number of hydrogen-bond acceptors (Lipinski definition) is 2. The topological polar surface area (TPSA) is 56.7 Å². The number of aliphatic imine (C=N–C) groups is 1. The van der Waals surface area contributed by atoms with E-state index in [1.54, 1.807) is 0 Å². The van der Waals surface area contributed by atoms with Crippen LogP contribution in [-0.4, -0.2) is 49.0 Å². The molecule has 0 bridgehead atoms. The third-order valence-electron chi connectivity index (χ3n) is 3.87. The molecule has 0 aromatic heterocycles. The summed E-state index contributed by atoms with van der Waals surface area (Å²) in [7, 11) is 0. The van der Waals surface area contributed by atoms with Gasteiger partial charge in [-0.25, -0.2) is 0 Å². The number of carbonyl (C=O) groups is 1. The van der Waals surface area contributed by atoms with E-state index in [0.29, 0.717) is 11.9 Å². The molecule has 1 amide bonds. The minimum Gasteiger partial charge on any atom is -0.357 e. The van der Waals surface area contributed by atoms with Crippen molar-refractivity contribution >= 4 is 35.8 Å². The molecular formula is C16H33IN4O. The van der Waals surface area contributed by atoms with Crippen LogP contribution in [0.2, 0.25) is 0 Å². The maximum Gasteiger partial charge on any atom is 0.222 e. The van der Waals surface area contributed by atoms with Gasteiger partial charge in [0.2, 0.25) is 5.91 Å². The van der Waals surface area contributed by atoms with E-state index < -0.39 is 0 Å². The number of nitrogens with one attached hydrogen (secondary N) is 2. The Morgan fingerprint density at radius 1 is 1.32 bits per heavy atom. The van der Waals surface area contributed by atoms with Gasteiger partial charge in [-0.2, -0.15) is 0 Å². The minimum atomic E-state index is 0. The third-order valence-corrected chi connectivity index (χ3v) is 3.87. The lowest BCUT2D eigenvalue weighted by Crippen LogP contribution is -2.42. The van der Waals surface area contributed by atoms with Gasteiger partial charge < -0.3 is 15.5 Å². The fraction of sp³-hybridized carbons (Fsp3) is 0.875. The lowest BCUT2D eigenvalue weighted by Gasteiger charge is -2.20. The monoisotopic (exact) mass is 424 g/mol. The molecule has 5 nitrogen and oxygen atoms in total. The van der Waals surface area contributed by atoms with Crippen molar-refractivity contribution in [1.29, 1.82) is 0 Å². The lowest BCUT2D eigenvalue weighted by molar-refractivity contribution is -0.130. The molecule has 1 heterocycles. The van der Waals surface area contributed by atoms with Crippen LogP contribution < -0.4 is 10.6 Å². The maximum atomic E-state index is 11.9. The highest BCUT2D eigenvalue weighted by Crippen LogP contribution is 2.11. The van der Waals surface area contributed by atoms with Gasteiger partial charge in [0, 0.05) is 38.6 Å². The summed E-state index contributed by atoms with van der Waals surface area (Å²) in [6.45, 7) is 9.78. The molecule has 0 aliphatic carbocycles. The molecule has 1 aliphatic rings. The molecule has 0 radical (unpaired) electrons. The predicted molar refractivity (Wildman–Crippen MR) is 104 cm³/mol. The Hall–Kier alpha value is -0.530. The van der Waals surface area contributed by atoms with Crippen LogP contribution in [-0.2, 0) is 4.79 Å². The molecule has 1 saturated heterocycles. The molecule has 1 fully saturated rings. The van der Waals surface area contributed by atoms with Gasteiger partial charge in [-0.15, -0.1) is 24.0 Å². The standard InChI is InChI=1S/C16H32N4O.HI/c1-4-14(3)19-16(17-5-2)18-11-9-13-20-12-8-6-7-10-15(20)21;/h14H,4-13H2,1-3H3,(H2,17,18,19);1H. The molecule has 0 aromatic carbocycles. The summed E-state index contributed by atoms with van der Waals surface area (Å²) in [5, 5.41) is 6.65. The van der Waals surface area contributed by atoms with Crippen molar-refractivity contribution in [1.82, 2.24) is 15.5 Å². The normalized spacial score (nSPS) is 17.5. The molecule has 0 saturated carbocycles. The molecule has 1 rings (SSSR count). The fourth-order valence-electron chi connectivity index (χ4n) is 2.38. The number of rotatable bonds is 7. The third kappa shape index (κ3) is 8.80. The summed E-state index contributed by atoms with van der Waals surface area (Å²) in [5.74, 6) is 1.20. The number of guanidine groups is 1. The average molecular weight is 424 g/mol. The first-order valence-electron chi connectivity index (χ1n) is 8.50. The van der Waals surface area contributed by atoms with Crippen LogP contribution in [0.5, 0.6) is 0 Å². The van der Waals surface area contributed by atoms with Crippen molar-refractivity contribution in [3.63, 3.8) is 0 Å². The van der Waals surface area contributed by atoms with Crippen LogP contribution in [0.15, 0.2) is 4.99 Å². The van der Waals surface area contributed by atoms with E-state index in [9.17, 15) is 4.79 Å². The predicted octanol–water partition coefficient (Wildman–Crippen LogP) is 2.75. The molecular weight excluding hydrogens is 391 g/mol. The minimum absolute atomic E-state index is 0. The smallest absolute Gasteiger partial charge is 0.222 e. The van der Waals surface area contributed by atoms with Crippen molar-refractivity contribution < 1.29 is 4.79 Å². The molecule has 0 aromatic rings. The van der Waals surface area contributed by atoms with Gasteiger partial charge in [0.1, 0.15) is 0 Å². The zero-order chi connectivity index (χ0) is 15.5. The van der Waals surface area contributed by atoms with Gasteiger partial charge in [0.15, 0.2) is 5.96 Å². The number of nitrogens with zero attached hydrogens (tertiary/aromatic N) is 2. The highest BCUT2D eigenvalue weighted by Gasteiger charge is 2.15. The molecule has 0 spiro atoms. The van der Waals surface area contributed by atoms with E-state index in [1.807, 2.05) is 4.90 Å². The Morgan fingerprint density at radius 2 is 2.09 bits per heavy atom. The van der Waals surface area contributed by atoms with Crippen LogP contribution in [0.3, 0.4) is 0 Å². The van der Waals surface area contributed by atoms with Crippen molar-refractivity contribution in [3.8, 4) is 0 Å². The SMILES string of the molecule is CCNC(=NCCCN1CCCCCC1=O)NC(C)CC.I. The average Bonchev–Trinajstić information content (AvgIpc) is 2.68. The van der Waals surface area contributed by atoms with Crippen molar-refractivity contribution in [2.24, 2.45) is 4.99 Å². The summed E-state index contributed by atoms with van der Waals surface area (Å²) >= 11 is 0. The fourth-order valence-corrected chi connectivity index (χ4v) is 2.38. The summed E-state index contributed by atoms with van der Waals surface area (Å²) in [6.07, 6.45) is 6.12. The van der Waals surface area contributed by atoms with Crippen LogP contribution in [0.1, 0.15) is 59.3 Å². The zero-order valence-corrected chi connectivity index (χ0v) is 16.7. The Balaban J connectivity index is 0.00000441. The van der Waals surface area contributed by atoms with Crippen LogP contribution in [0.25, 0.3) is 0 Å². The van der Waals surface area contributed by atoms with Gasteiger partial charge in [0.05, 0.1) is 0 Å². The number of halogens is 1. The highest BCUT2D eigenvalue weighted by molar-refractivity contribution is 14.0. The molecule has 130 valence electrons. The van der Waals surface area contributed by atoms with Crippen LogP contribution in [0.4, 0.5) is 0 Å². The number of hydrogen-bond donors (Lipinski definition) is 2. The van der Waals surface area contributed by atoms with E-state index in [0.717, 1.165) is 64.2 Å². The largest absolute Gasteiger partial charge is 0.357 e.